The van der Waals surface area contributed by atoms with Crippen LogP contribution in [0, 0.1) is 0 Å². The summed E-state index contributed by atoms with van der Waals surface area (Å²) < 4.78 is 0. The fourth-order valence-corrected chi connectivity index (χ4v) is 2.13. The fourth-order valence-electron chi connectivity index (χ4n) is 2.13. The van der Waals surface area contributed by atoms with Crippen LogP contribution in [0.2, 0.25) is 0 Å². The lowest BCUT2D eigenvalue weighted by atomic mass is 10.1. The molecule has 0 N–H and O–H groups in total. The molecule has 0 saturated carbocycles. The van der Waals surface area contributed by atoms with Gasteiger partial charge >= 0.3 is 0 Å². The van der Waals surface area contributed by atoms with Crippen molar-refractivity contribution >= 4 is 11.8 Å². The van der Waals surface area contributed by atoms with Gasteiger partial charge in [-0.1, -0.05) is 18.2 Å². The molecule has 0 unspecified atom stereocenters. The Bertz CT molecular complexity index is 572. The zero-order valence-corrected chi connectivity index (χ0v) is 11.2. The normalized spacial score (nSPS) is 15.6. The second kappa shape index (κ2) is 6.18. The molecule has 1 saturated heterocycles. The Labute approximate surface area is 116 Å². The Hall–Kier alpha value is -2.37. The maximum Gasteiger partial charge on any atom is 0.254 e. The molecule has 2 amide bonds. The van der Waals surface area contributed by atoms with Crippen LogP contribution >= 0.6 is 0 Å². The molecule has 1 fully saturated rings. The van der Waals surface area contributed by atoms with Crippen LogP contribution in [0.5, 0.6) is 0 Å². The molecule has 1 aromatic rings. The van der Waals surface area contributed by atoms with Gasteiger partial charge in [-0.3, -0.25) is 9.59 Å². The molecule has 104 valence electrons. The molecule has 0 aliphatic carbocycles. The van der Waals surface area contributed by atoms with Crippen molar-refractivity contribution in [3.05, 3.63) is 45.8 Å². The highest BCUT2D eigenvalue weighted by molar-refractivity contribution is 6.07. The van der Waals surface area contributed by atoms with Gasteiger partial charge in [0, 0.05) is 36.7 Å². The molecule has 1 heterocycles. The van der Waals surface area contributed by atoms with E-state index in [1.165, 1.54) is 6.07 Å². The van der Waals surface area contributed by atoms with Crippen molar-refractivity contribution in [2.45, 2.75) is 0 Å². The monoisotopic (exact) mass is 273 g/mol. The summed E-state index contributed by atoms with van der Waals surface area (Å²) in [7, 11) is 2.00. The summed E-state index contributed by atoms with van der Waals surface area (Å²) in [5, 5.41) is 3.06. The first kappa shape index (κ1) is 14.0. The Kier molecular flexibility index (Phi) is 4.34. The van der Waals surface area contributed by atoms with Gasteiger partial charge in [0.2, 0.25) is 5.91 Å². The first-order valence-electron chi connectivity index (χ1n) is 6.29. The van der Waals surface area contributed by atoms with E-state index in [1.54, 1.807) is 23.1 Å². The smallest absolute Gasteiger partial charge is 0.254 e. The van der Waals surface area contributed by atoms with Gasteiger partial charge in [0.1, 0.15) is 0 Å². The zero-order valence-electron chi connectivity index (χ0n) is 11.2. The van der Waals surface area contributed by atoms with Crippen molar-refractivity contribution in [2.75, 3.05) is 33.2 Å². The number of piperazine rings is 1. The number of azide groups is 1. The van der Waals surface area contributed by atoms with E-state index in [0.717, 1.165) is 13.1 Å². The van der Waals surface area contributed by atoms with Crippen LogP contribution in [0.25, 0.3) is 10.4 Å². The van der Waals surface area contributed by atoms with Crippen molar-refractivity contribution in [3.8, 4) is 0 Å². The predicted octanol–water partition coefficient (Wildman–Crippen LogP) is 1.52. The number of rotatable bonds is 2. The highest BCUT2D eigenvalue weighted by Gasteiger charge is 2.23. The van der Waals surface area contributed by atoms with Crippen LogP contribution in [0.4, 0.5) is 0 Å². The standard InChI is InChI=1S/C13H15N5O2/c1-17-6-8-18(9-7-17)13(20)11-5-3-2-4-10(11)12(19)15-16-14/h2-5H,6-9H2,1H3. The van der Waals surface area contributed by atoms with Gasteiger partial charge in [-0.05, 0) is 23.8 Å². The third-order valence-corrected chi connectivity index (χ3v) is 3.31. The van der Waals surface area contributed by atoms with E-state index in [1.807, 2.05) is 7.05 Å². The Morgan fingerprint density at radius 1 is 1.15 bits per heavy atom. The highest BCUT2D eigenvalue weighted by atomic mass is 16.2. The minimum absolute atomic E-state index is 0.147. The van der Waals surface area contributed by atoms with Crippen molar-refractivity contribution in [3.63, 3.8) is 0 Å². The maximum absolute atomic E-state index is 12.5. The summed E-state index contributed by atoms with van der Waals surface area (Å²) in [6.07, 6.45) is 0. The molecular formula is C13H15N5O2. The van der Waals surface area contributed by atoms with E-state index in [9.17, 15) is 9.59 Å². The number of carbonyl (C=O) groups excluding carboxylic acids is 2. The second-order valence-corrected chi connectivity index (χ2v) is 4.64. The van der Waals surface area contributed by atoms with Crippen molar-refractivity contribution in [1.29, 1.82) is 0 Å². The number of amides is 2. The lowest BCUT2D eigenvalue weighted by molar-refractivity contribution is 0.0660. The molecule has 1 aromatic carbocycles. The summed E-state index contributed by atoms with van der Waals surface area (Å²) in [6, 6.07) is 6.41. The van der Waals surface area contributed by atoms with Crippen LogP contribution < -0.4 is 0 Å². The number of hydrogen-bond acceptors (Lipinski definition) is 3. The van der Waals surface area contributed by atoms with Gasteiger partial charge in [-0.2, -0.15) is 0 Å². The van der Waals surface area contributed by atoms with Crippen LogP contribution in [0.3, 0.4) is 0 Å². The molecule has 7 nitrogen and oxygen atoms in total. The van der Waals surface area contributed by atoms with Gasteiger partial charge in [-0.25, -0.2) is 0 Å². The lowest BCUT2D eigenvalue weighted by Gasteiger charge is -2.32. The van der Waals surface area contributed by atoms with Crippen LogP contribution in [0.1, 0.15) is 20.7 Å². The number of hydrogen-bond donors (Lipinski definition) is 0. The number of nitrogens with zero attached hydrogens (tertiary/aromatic N) is 5. The quantitative estimate of drug-likeness (QED) is 0.465. The molecular weight excluding hydrogens is 258 g/mol. The number of carbonyl (C=O) groups is 2. The van der Waals surface area contributed by atoms with Crippen molar-refractivity contribution in [2.24, 2.45) is 5.11 Å². The van der Waals surface area contributed by atoms with Crippen molar-refractivity contribution < 1.29 is 9.59 Å². The van der Waals surface area contributed by atoms with Crippen molar-refractivity contribution in [1.82, 2.24) is 9.80 Å². The first-order chi connectivity index (χ1) is 9.63. The van der Waals surface area contributed by atoms with E-state index in [4.69, 9.17) is 5.53 Å². The third kappa shape index (κ3) is 2.96. The molecule has 20 heavy (non-hydrogen) atoms. The highest BCUT2D eigenvalue weighted by Crippen LogP contribution is 2.14. The van der Waals surface area contributed by atoms with Crippen LogP contribution in [-0.2, 0) is 0 Å². The van der Waals surface area contributed by atoms with Gasteiger partial charge < -0.3 is 9.80 Å². The molecule has 1 aliphatic heterocycles. The average Bonchev–Trinajstić information content (AvgIpc) is 2.47. The second-order valence-electron chi connectivity index (χ2n) is 4.64. The minimum atomic E-state index is -0.731. The van der Waals surface area contributed by atoms with E-state index in [2.05, 4.69) is 14.9 Å². The average molecular weight is 273 g/mol. The summed E-state index contributed by atoms with van der Waals surface area (Å²) in [5.74, 6) is -0.930. The molecule has 0 atom stereocenters. The molecule has 7 heteroatoms. The SMILES string of the molecule is CN1CCN(C(=O)c2ccccc2C(=O)N=[N+]=[N-])CC1. The molecule has 0 aromatic heterocycles. The van der Waals surface area contributed by atoms with E-state index in [-0.39, 0.29) is 17.0 Å². The molecule has 0 bridgehead atoms. The van der Waals surface area contributed by atoms with Gasteiger partial charge in [0.25, 0.3) is 5.91 Å². The summed E-state index contributed by atoms with van der Waals surface area (Å²) in [6.45, 7) is 2.86. The van der Waals surface area contributed by atoms with E-state index >= 15 is 0 Å². The Balaban J connectivity index is 2.26. The van der Waals surface area contributed by atoms with Gasteiger partial charge in [-0.15, -0.1) is 0 Å². The summed E-state index contributed by atoms with van der Waals surface area (Å²) in [5.41, 5.74) is 8.78. The maximum atomic E-state index is 12.5. The molecule has 1 aliphatic rings. The van der Waals surface area contributed by atoms with E-state index in [0.29, 0.717) is 13.1 Å². The zero-order chi connectivity index (χ0) is 14.5. The minimum Gasteiger partial charge on any atom is -0.336 e. The Morgan fingerprint density at radius 3 is 2.35 bits per heavy atom. The Morgan fingerprint density at radius 2 is 1.75 bits per heavy atom. The summed E-state index contributed by atoms with van der Waals surface area (Å²) >= 11 is 0. The van der Waals surface area contributed by atoms with Crippen LogP contribution in [-0.4, -0.2) is 54.8 Å². The first-order valence-corrected chi connectivity index (χ1v) is 6.29. The third-order valence-electron chi connectivity index (χ3n) is 3.31. The largest absolute Gasteiger partial charge is 0.336 e. The molecule has 2 rings (SSSR count). The van der Waals surface area contributed by atoms with Gasteiger partial charge in [0.15, 0.2) is 0 Å². The summed E-state index contributed by atoms with van der Waals surface area (Å²) in [4.78, 5) is 30.5. The predicted molar refractivity (Wildman–Crippen MR) is 73.3 cm³/mol. The topological polar surface area (TPSA) is 89.4 Å². The molecule has 0 radical (unpaired) electrons. The van der Waals surface area contributed by atoms with Crippen LogP contribution in [0.15, 0.2) is 29.4 Å². The number of likely N-dealkylation sites (N-methyl/N-ethyl adjacent to an activating group) is 1. The number of benzene rings is 1. The fraction of sp³-hybridized carbons (Fsp3) is 0.385. The van der Waals surface area contributed by atoms with Gasteiger partial charge in [0.05, 0.1) is 5.56 Å². The lowest BCUT2D eigenvalue weighted by Crippen LogP contribution is -2.47. The van der Waals surface area contributed by atoms with E-state index < -0.39 is 5.91 Å². The molecule has 0 spiro atoms.